The molecule has 0 saturated carbocycles. The predicted octanol–water partition coefficient (Wildman–Crippen LogP) is 2.17. The van der Waals surface area contributed by atoms with Gasteiger partial charge in [0, 0.05) is 6.42 Å². The minimum absolute atomic E-state index is 0.362. The van der Waals surface area contributed by atoms with E-state index in [2.05, 4.69) is 20.0 Å². The summed E-state index contributed by atoms with van der Waals surface area (Å²) in [6, 6.07) is 6.93. The van der Waals surface area contributed by atoms with Crippen molar-refractivity contribution in [3.8, 4) is 0 Å². The van der Waals surface area contributed by atoms with Crippen molar-refractivity contribution in [3.63, 3.8) is 0 Å². The van der Waals surface area contributed by atoms with Crippen molar-refractivity contribution in [1.29, 1.82) is 0 Å². The first-order valence-corrected chi connectivity index (χ1v) is 6.45. The third-order valence-corrected chi connectivity index (χ3v) is 2.95. The lowest BCUT2D eigenvalue weighted by molar-refractivity contribution is 0.0601. The van der Waals surface area contributed by atoms with Gasteiger partial charge in [-0.2, -0.15) is 14.9 Å². The third kappa shape index (κ3) is 3.00. The predicted molar refractivity (Wildman–Crippen MR) is 77.6 cm³/mol. The number of nitrogens with zero attached hydrogens (tertiary/aromatic N) is 3. The molecule has 1 N–H and O–H groups in total. The summed E-state index contributed by atoms with van der Waals surface area (Å²) >= 11 is 5.10. The van der Waals surface area contributed by atoms with E-state index in [4.69, 9.17) is 12.2 Å². The fourth-order valence-electron chi connectivity index (χ4n) is 1.62. The lowest BCUT2D eigenvalue weighted by Crippen LogP contribution is -2.01. The number of ether oxygens (including phenoxy) is 1. The third-order valence-electron chi connectivity index (χ3n) is 2.69. The first-order chi connectivity index (χ1) is 9.65. The number of carbonyl (C=O) groups is 1. The Balaban J connectivity index is 2.21. The molecule has 0 aliphatic carbocycles. The fourth-order valence-corrected chi connectivity index (χ4v) is 1.82. The second-order valence-electron chi connectivity index (χ2n) is 3.97. The van der Waals surface area contributed by atoms with Crippen LogP contribution >= 0.6 is 12.2 Å². The molecule has 0 aliphatic rings. The van der Waals surface area contributed by atoms with Crippen LogP contribution in [0.1, 0.15) is 28.7 Å². The highest BCUT2D eigenvalue weighted by atomic mass is 32.1. The van der Waals surface area contributed by atoms with Gasteiger partial charge in [-0.05, 0) is 29.9 Å². The van der Waals surface area contributed by atoms with E-state index in [9.17, 15) is 4.79 Å². The van der Waals surface area contributed by atoms with Gasteiger partial charge < -0.3 is 4.74 Å². The number of aromatic amines is 1. The molecule has 0 atom stereocenters. The number of H-pyrrole nitrogens is 1. The maximum Gasteiger partial charge on any atom is 0.337 e. The number of hydrogen-bond donors (Lipinski definition) is 1. The van der Waals surface area contributed by atoms with Crippen molar-refractivity contribution in [2.75, 3.05) is 7.11 Å². The molecule has 0 radical (unpaired) electrons. The maximum atomic E-state index is 11.3. The van der Waals surface area contributed by atoms with Gasteiger partial charge in [0.25, 0.3) is 0 Å². The summed E-state index contributed by atoms with van der Waals surface area (Å²) in [6.45, 7) is 1.97. The first kappa shape index (κ1) is 14.1. The fraction of sp³-hybridized carbons (Fsp3) is 0.231. The summed E-state index contributed by atoms with van der Waals surface area (Å²) in [7, 11) is 1.35. The summed E-state index contributed by atoms with van der Waals surface area (Å²) < 4.78 is 6.66. The Bertz CT molecular complexity index is 685. The van der Waals surface area contributed by atoms with Gasteiger partial charge in [-0.3, -0.25) is 5.10 Å². The van der Waals surface area contributed by atoms with Gasteiger partial charge in [0.15, 0.2) is 5.82 Å². The van der Waals surface area contributed by atoms with Crippen LogP contribution in [-0.2, 0) is 11.2 Å². The van der Waals surface area contributed by atoms with Crippen LogP contribution in [0.5, 0.6) is 0 Å². The standard InChI is InChI=1S/C13H14N4O2S/c1-3-11-15-16-13(20)17(11)14-8-9-4-6-10(7-5-9)12(18)19-2/h4-8H,3H2,1-2H3,(H,16,20)/b14-8+. The van der Waals surface area contributed by atoms with Gasteiger partial charge in [-0.15, -0.1) is 0 Å². The average Bonchev–Trinajstić information content (AvgIpc) is 2.85. The molecule has 0 saturated heterocycles. The van der Waals surface area contributed by atoms with E-state index in [1.807, 2.05) is 6.92 Å². The Morgan fingerprint density at radius 2 is 2.20 bits per heavy atom. The molecule has 0 spiro atoms. The van der Waals surface area contributed by atoms with Crippen LogP contribution in [-0.4, -0.2) is 34.2 Å². The SMILES string of the molecule is CCc1n[nH]c(=S)n1/N=C/c1ccc(C(=O)OC)cc1. The Morgan fingerprint density at radius 1 is 1.50 bits per heavy atom. The largest absolute Gasteiger partial charge is 0.465 e. The average molecular weight is 290 g/mol. The molecule has 2 aromatic rings. The van der Waals surface area contributed by atoms with E-state index in [-0.39, 0.29) is 5.97 Å². The number of methoxy groups -OCH3 is 1. The van der Waals surface area contributed by atoms with Crippen molar-refractivity contribution in [3.05, 3.63) is 46.0 Å². The lowest BCUT2D eigenvalue weighted by Gasteiger charge is -2.00. The minimum atomic E-state index is -0.362. The molecule has 0 bridgehead atoms. The smallest absolute Gasteiger partial charge is 0.337 e. The number of benzene rings is 1. The Hall–Kier alpha value is -2.28. The normalized spacial score (nSPS) is 10.9. The van der Waals surface area contributed by atoms with Gasteiger partial charge in [-0.25, -0.2) is 4.79 Å². The van der Waals surface area contributed by atoms with Crippen LogP contribution in [0.2, 0.25) is 0 Å². The highest BCUT2D eigenvalue weighted by molar-refractivity contribution is 7.71. The minimum Gasteiger partial charge on any atom is -0.465 e. The molecule has 7 heteroatoms. The summed E-state index contributed by atoms with van der Waals surface area (Å²) in [5, 5.41) is 11.0. The van der Waals surface area contributed by atoms with E-state index in [1.165, 1.54) is 7.11 Å². The molecular formula is C13H14N4O2S. The number of rotatable bonds is 4. The van der Waals surface area contributed by atoms with Crippen LogP contribution in [0.3, 0.4) is 0 Å². The highest BCUT2D eigenvalue weighted by Gasteiger charge is 2.04. The molecule has 1 aromatic heterocycles. The number of esters is 1. The summed E-state index contributed by atoms with van der Waals surface area (Å²) in [6.07, 6.45) is 2.39. The zero-order valence-electron chi connectivity index (χ0n) is 11.2. The molecule has 104 valence electrons. The van der Waals surface area contributed by atoms with Crippen LogP contribution < -0.4 is 0 Å². The highest BCUT2D eigenvalue weighted by Crippen LogP contribution is 2.05. The number of nitrogens with one attached hydrogen (secondary N) is 1. The second kappa shape index (κ2) is 6.25. The summed E-state index contributed by atoms with van der Waals surface area (Å²) in [5.74, 6) is 0.399. The van der Waals surface area contributed by atoms with Gasteiger partial charge in [0.2, 0.25) is 4.77 Å². The zero-order chi connectivity index (χ0) is 14.5. The molecule has 6 nitrogen and oxygen atoms in total. The monoisotopic (exact) mass is 290 g/mol. The van der Waals surface area contributed by atoms with Crippen LogP contribution in [0.15, 0.2) is 29.4 Å². The first-order valence-electron chi connectivity index (χ1n) is 6.04. The van der Waals surface area contributed by atoms with Crippen molar-refractivity contribution in [1.82, 2.24) is 14.9 Å². The van der Waals surface area contributed by atoms with Gasteiger partial charge in [-0.1, -0.05) is 19.1 Å². The Morgan fingerprint density at radius 3 is 2.80 bits per heavy atom. The molecule has 1 heterocycles. The molecule has 20 heavy (non-hydrogen) atoms. The van der Waals surface area contributed by atoms with E-state index in [0.717, 1.165) is 17.8 Å². The Labute approximate surface area is 121 Å². The van der Waals surface area contributed by atoms with Crippen LogP contribution in [0, 0.1) is 4.77 Å². The van der Waals surface area contributed by atoms with Gasteiger partial charge >= 0.3 is 5.97 Å². The van der Waals surface area contributed by atoms with E-state index in [1.54, 1.807) is 35.2 Å². The second-order valence-corrected chi connectivity index (χ2v) is 4.36. The summed E-state index contributed by atoms with van der Waals surface area (Å²) in [5.41, 5.74) is 1.35. The molecular weight excluding hydrogens is 276 g/mol. The van der Waals surface area contributed by atoms with Crippen molar-refractivity contribution < 1.29 is 9.53 Å². The van der Waals surface area contributed by atoms with Crippen molar-refractivity contribution >= 4 is 24.4 Å². The molecule has 0 amide bonds. The molecule has 0 unspecified atom stereocenters. The van der Waals surface area contributed by atoms with Crippen molar-refractivity contribution in [2.24, 2.45) is 5.10 Å². The molecule has 2 rings (SSSR count). The maximum absolute atomic E-state index is 11.3. The quantitative estimate of drug-likeness (QED) is 0.532. The van der Waals surface area contributed by atoms with Crippen LogP contribution in [0.25, 0.3) is 0 Å². The molecule has 0 aliphatic heterocycles. The molecule has 0 fully saturated rings. The lowest BCUT2D eigenvalue weighted by atomic mass is 10.1. The van der Waals surface area contributed by atoms with E-state index < -0.39 is 0 Å². The van der Waals surface area contributed by atoms with E-state index >= 15 is 0 Å². The van der Waals surface area contributed by atoms with Crippen LogP contribution in [0.4, 0.5) is 0 Å². The molecule has 1 aromatic carbocycles. The number of hydrogen-bond acceptors (Lipinski definition) is 5. The topological polar surface area (TPSA) is 72.3 Å². The number of aryl methyl sites for hydroxylation is 1. The van der Waals surface area contributed by atoms with Crippen molar-refractivity contribution in [2.45, 2.75) is 13.3 Å². The number of carbonyl (C=O) groups excluding carboxylic acids is 1. The zero-order valence-corrected chi connectivity index (χ0v) is 12.0. The summed E-state index contributed by atoms with van der Waals surface area (Å²) in [4.78, 5) is 11.3. The Kier molecular flexibility index (Phi) is 4.41. The number of aromatic nitrogens is 3. The van der Waals surface area contributed by atoms with Gasteiger partial charge in [0.05, 0.1) is 18.9 Å². The van der Waals surface area contributed by atoms with E-state index in [0.29, 0.717) is 10.3 Å². The van der Waals surface area contributed by atoms with Gasteiger partial charge in [0.1, 0.15) is 0 Å².